The molecule has 1 fully saturated rings. The van der Waals surface area contributed by atoms with E-state index in [4.69, 9.17) is 14.0 Å². The molecule has 14 nitrogen and oxygen atoms in total. The van der Waals surface area contributed by atoms with Crippen molar-refractivity contribution in [3.05, 3.63) is 25.0 Å². The Morgan fingerprint density at radius 2 is 2.05 bits per heavy atom. The van der Waals surface area contributed by atoms with E-state index in [2.05, 4.69) is 25.3 Å². The second-order valence-corrected chi connectivity index (χ2v) is 10.9. The largest absolute Gasteiger partial charge is 0.437 e. The van der Waals surface area contributed by atoms with E-state index in [1.54, 1.807) is 0 Å². The fourth-order valence-electron chi connectivity index (χ4n) is 3.54. The van der Waals surface area contributed by atoms with Gasteiger partial charge in [0, 0.05) is 31.8 Å². The van der Waals surface area contributed by atoms with Gasteiger partial charge in [0.15, 0.2) is 28.4 Å². The molecule has 3 aromatic heterocycles. The maximum Gasteiger partial charge on any atom is 0.437 e. The van der Waals surface area contributed by atoms with E-state index in [1.807, 2.05) is 0 Å². The second kappa shape index (κ2) is 11.8. The molecule has 0 saturated carbocycles. The molecule has 4 heterocycles. The molecule has 210 valence electrons. The molecule has 0 aromatic carbocycles. The zero-order valence-electron chi connectivity index (χ0n) is 19.8. The normalized spacial score (nSPS) is 23.7. The number of imidazole rings is 2. The molecule has 1 aliphatic rings. The fraction of sp³-hybridized carbons (Fsp3) is 0.579. The third kappa shape index (κ3) is 6.63. The number of hydrogen-bond acceptors (Lipinski definition) is 12. The minimum atomic E-state index is -4.34. The van der Waals surface area contributed by atoms with Crippen LogP contribution in [0.4, 0.5) is 19.0 Å². The monoisotopic (exact) mass is 583 g/mol. The minimum absolute atomic E-state index is 0.0258. The maximum atomic E-state index is 12.6. The first-order chi connectivity index (χ1) is 18.0. The van der Waals surface area contributed by atoms with Crippen molar-refractivity contribution in [2.45, 2.75) is 42.3 Å². The van der Waals surface area contributed by atoms with Crippen molar-refractivity contribution in [2.24, 2.45) is 0 Å². The molecular weight excluding hydrogens is 558 g/mol. The van der Waals surface area contributed by atoms with E-state index >= 15 is 0 Å². The highest BCUT2D eigenvalue weighted by atomic mass is 32.2. The number of rotatable bonds is 12. The molecule has 0 spiro atoms. The summed E-state index contributed by atoms with van der Waals surface area (Å²) in [6.07, 6.45) is -6.00. The number of ether oxygens (including phenoxy) is 2. The predicted molar refractivity (Wildman–Crippen MR) is 126 cm³/mol. The van der Waals surface area contributed by atoms with Gasteiger partial charge in [-0.05, 0) is 0 Å². The zero-order chi connectivity index (χ0) is 27.5. The summed E-state index contributed by atoms with van der Waals surface area (Å²) in [5.74, 6) is -0.0887. The van der Waals surface area contributed by atoms with Crippen molar-refractivity contribution in [1.82, 2.24) is 28.8 Å². The van der Waals surface area contributed by atoms with Crippen molar-refractivity contribution < 1.29 is 46.8 Å². The molecule has 0 bridgehead atoms. The minimum Gasteiger partial charge on any atom is -0.387 e. The molecule has 0 radical (unpaired) electrons. The number of methoxy groups -OCH3 is 1. The summed E-state index contributed by atoms with van der Waals surface area (Å²) in [6.45, 7) is 0.0838. The molecule has 4 rings (SSSR count). The van der Waals surface area contributed by atoms with Crippen LogP contribution >= 0.6 is 19.5 Å². The van der Waals surface area contributed by atoms with Crippen LogP contribution in [0, 0.1) is 0 Å². The van der Waals surface area contributed by atoms with Gasteiger partial charge in [-0.2, -0.15) is 13.2 Å². The lowest BCUT2D eigenvalue weighted by Crippen LogP contribution is -2.33. The Balaban J connectivity index is 1.56. The first kappa shape index (κ1) is 28.7. The summed E-state index contributed by atoms with van der Waals surface area (Å²) in [5, 5.41) is 24.2. The Labute approximate surface area is 217 Å². The van der Waals surface area contributed by atoms with Gasteiger partial charge in [0.05, 0.1) is 26.0 Å². The first-order valence-corrected chi connectivity index (χ1v) is 13.7. The van der Waals surface area contributed by atoms with Crippen molar-refractivity contribution in [1.29, 1.82) is 0 Å². The predicted octanol–water partition coefficient (Wildman–Crippen LogP) is 1.41. The Hall–Kier alpha value is -2.31. The number of aliphatic hydroxyl groups is 2. The number of thioether (sulfide) groups is 1. The lowest BCUT2D eigenvalue weighted by molar-refractivity contribution is -0.129. The Kier molecular flexibility index (Phi) is 8.93. The van der Waals surface area contributed by atoms with Gasteiger partial charge in [0.25, 0.3) is 0 Å². The highest BCUT2D eigenvalue weighted by Gasteiger charge is 2.45. The van der Waals surface area contributed by atoms with E-state index in [-0.39, 0.29) is 27.9 Å². The van der Waals surface area contributed by atoms with Crippen LogP contribution in [0.25, 0.3) is 11.2 Å². The quantitative estimate of drug-likeness (QED) is 0.104. The number of nitrogens with zero attached hydrogens (tertiary/aromatic N) is 6. The van der Waals surface area contributed by atoms with Gasteiger partial charge in [-0.25, -0.2) is 28.8 Å². The highest BCUT2D eigenvalue weighted by molar-refractivity contribution is 7.99. The molecule has 3 aromatic rings. The zero-order valence-corrected chi connectivity index (χ0v) is 21.5. The van der Waals surface area contributed by atoms with E-state index < -0.39 is 51.5 Å². The van der Waals surface area contributed by atoms with Crippen LogP contribution in [-0.2, 0) is 18.6 Å². The number of anilines is 1. The average molecular weight is 583 g/mol. The van der Waals surface area contributed by atoms with Crippen LogP contribution in [0.1, 0.15) is 12.6 Å². The molecular formula is C19H25F3N7O7PS. The lowest BCUT2D eigenvalue weighted by Gasteiger charge is -2.18. The smallest absolute Gasteiger partial charge is 0.387 e. The maximum absolute atomic E-state index is 12.6. The first-order valence-electron chi connectivity index (χ1n) is 11.1. The summed E-state index contributed by atoms with van der Waals surface area (Å²) in [5.41, 5.74) is 0.365. The number of aromatic nitrogens is 6. The van der Waals surface area contributed by atoms with Gasteiger partial charge in [0.1, 0.15) is 24.6 Å². The fourth-order valence-corrected chi connectivity index (χ4v) is 5.25. The number of fused-ring (bicyclic) bond motifs is 1. The summed E-state index contributed by atoms with van der Waals surface area (Å²) < 4.78 is 68.3. The summed E-state index contributed by atoms with van der Waals surface area (Å²) in [7, 11) is -2.82. The average Bonchev–Trinajstić information content (AvgIpc) is 3.59. The van der Waals surface area contributed by atoms with Crippen molar-refractivity contribution in [3.63, 3.8) is 0 Å². The Bertz CT molecular complexity index is 1270. The van der Waals surface area contributed by atoms with Gasteiger partial charge in [-0.15, -0.1) is 0 Å². The van der Waals surface area contributed by atoms with Crippen LogP contribution in [0.2, 0.25) is 0 Å². The summed E-state index contributed by atoms with van der Waals surface area (Å²) >= 11 is 0.788. The lowest BCUT2D eigenvalue weighted by atomic mass is 10.1. The molecule has 1 unspecified atom stereocenters. The standard InChI is InChI=1S/C19H25F3N7O7PS/c1-34-6-4-24-15-12-16(27-18(26-15)38-7-2-19(20,21)22)29(10-25-12)17-14(31)13(30)11(36-17)8-35-37(32,33)28-5-3-23-9-28/h3,5,9-11,13-14,17,30-31H,2,4,6-8H2,1H3,(H,32,33)(H,24,26,27)/t11-,13-,14-,17-/m1/s1. The molecule has 19 heteroatoms. The van der Waals surface area contributed by atoms with Gasteiger partial charge in [0.2, 0.25) is 0 Å². The van der Waals surface area contributed by atoms with Gasteiger partial charge >= 0.3 is 13.9 Å². The highest BCUT2D eigenvalue weighted by Crippen LogP contribution is 2.44. The van der Waals surface area contributed by atoms with E-state index in [9.17, 15) is 32.8 Å². The topological polar surface area (TPSA) is 179 Å². The van der Waals surface area contributed by atoms with Crippen LogP contribution in [-0.4, -0.2) is 101 Å². The van der Waals surface area contributed by atoms with E-state index in [1.165, 1.54) is 30.4 Å². The molecule has 0 aliphatic carbocycles. The third-order valence-corrected chi connectivity index (χ3v) is 7.57. The Morgan fingerprint density at radius 1 is 1.26 bits per heavy atom. The molecule has 4 N–H and O–H groups in total. The van der Waals surface area contributed by atoms with Gasteiger partial charge in [-0.1, -0.05) is 11.8 Å². The molecule has 1 aliphatic heterocycles. The molecule has 38 heavy (non-hydrogen) atoms. The number of aliphatic hydroxyl groups excluding tert-OH is 2. The summed E-state index contributed by atoms with van der Waals surface area (Å²) in [4.78, 5) is 26.6. The van der Waals surface area contributed by atoms with Crippen LogP contribution in [0.15, 0.2) is 30.2 Å². The number of halogens is 3. The van der Waals surface area contributed by atoms with E-state index in [0.717, 1.165) is 22.4 Å². The number of alkyl halides is 3. The molecule has 1 saturated heterocycles. The summed E-state index contributed by atoms with van der Waals surface area (Å²) in [6, 6.07) is 0. The van der Waals surface area contributed by atoms with E-state index in [0.29, 0.717) is 13.2 Å². The Morgan fingerprint density at radius 3 is 2.74 bits per heavy atom. The van der Waals surface area contributed by atoms with Crippen LogP contribution < -0.4 is 5.32 Å². The second-order valence-electron chi connectivity index (χ2n) is 8.09. The third-order valence-electron chi connectivity index (χ3n) is 5.42. The SMILES string of the molecule is COCCNc1nc(SCCC(F)(F)F)nc2c1ncn2[C@@H]1O[C@H](COP(=O)(O)n2ccnc2)[C@@H](O)[C@H]1O. The number of nitrogens with one attached hydrogen (secondary N) is 1. The van der Waals surface area contributed by atoms with Crippen molar-refractivity contribution >= 4 is 36.5 Å². The molecule has 5 atom stereocenters. The number of hydrogen-bond donors (Lipinski definition) is 4. The molecule has 0 amide bonds. The van der Waals surface area contributed by atoms with Crippen molar-refractivity contribution in [2.75, 3.05) is 37.9 Å². The van der Waals surface area contributed by atoms with Crippen molar-refractivity contribution in [3.8, 4) is 0 Å². The van der Waals surface area contributed by atoms with Crippen LogP contribution in [0.3, 0.4) is 0 Å². The van der Waals surface area contributed by atoms with Gasteiger partial charge in [-0.3, -0.25) is 9.09 Å². The van der Waals surface area contributed by atoms with Gasteiger partial charge < -0.3 is 29.9 Å². The van der Waals surface area contributed by atoms with Crippen LogP contribution in [0.5, 0.6) is 0 Å².